The summed E-state index contributed by atoms with van der Waals surface area (Å²) in [6.45, 7) is 0. The van der Waals surface area contributed by atoms with Crippen LogP contribution in [0.25, 0.3) is 0 Å². The maximum Gasteiger partial charge on any atom is 0.420 e. The van der Waals surface area contributed by atoms with Gasteiger partial charge in [-0.05, 0) is 18.2 Å². The number of benzene rings is 1. The lowest BCUT2D eigenvalue weighted by atomic mass is 10.4. The smallest absolute Gasteiger partial charge is 0.334 e. The highest BCUT2D eigenvalue weighted by Gasteiger charge is 2.18. The molecule has 0 aliphatic rings. The molecule has 1 rings (SSSR count). The van der Waals surface area contributed by atoms with Gasteiger partial charge in [0.1, 0.15) is 4.90 Å². The van der Waals surface area contributed by atoms with Crippen LogP contribution in [0.5, 0.6) is 0 Å². The van der Waals surface area contributed by atoms with E-state index in [-0.39, 0.29) is 9.92 Å². The van der Waals surface area contributed by atoms with E-state index in [0.29, 0.717) is 0 Å². The molecule has 0 aliphatic carbocycles. The van der Waals surface area contributed by atoms with Gasteiger partial charge in [-0.15, -0.1) is 0 Å². The number of hydrogen-bond donors (Lipinski definition) is 1. The molecule has 5 nitrogen and oxygen atoms in total. The molecular weight excluding hydrogens is 230 g/mol. The maximum atomic E-state index is 11.2. The van der Waals surface area contributed by atoms with Crippen molar-refractivity contribution in [2.45, 2.75) is 4.90 Å². The van der Waals surface area contributed by atoms with Crippen LogP contribution in [0.2, 0.25) is 5.02 Å². The van der Waals surface area contributed by atoms with Gasteiger partial charge in [0.05, 0.1) is 0 Å². The Kier molecular flexibility index (Phi) is 2.97. The van der Waals surface area contributed by atoms with E-state index in [9.17, 15) is 13.2 Å². The molecule has 0 saturated carbocycles. The highest BCUT2D eigenvalue weighted by molar-refractivity contribution is 7.87. The minimum atomic E-state index is -4.14. The normalized spacial score (nSPS) is 10.9. The van der Waals surface area contributed by atoms with Gasteiger partial charge in [0, 0.05) is 5.02 Å². The van der Waals surface area contributed by atoms with Crippen molar-refractivity contribution in [2.75, 3.05) is 0 Å². The summed E-state index contributed by atoms with van der Waals surface area (Å²) in [6, 6.07) is 5.30. The number of nitrogens with two attached hydrogens (primary N) is 1. The van der Waals surface area contributed by atoms with E-state index < -0.39 is 16.2 Å². The highest BCUT2D eigenvalue weighted by atomic mass is 35.5. The number of rotatable bonds is 2. The van der Waals surface area contributed by atoms with Gasteiger partial charge in [-0.2, -0.15) is 8.42 Å². The summed E-state index contributed by atoms with van der Waals surface area (Å²) in [5.41, 5.74) is 4.58. The van der Waals surface area contributed by atoms with Gasteiger partial charge in [-0.25, -0.2) is 4.79 Å². The highest BCUT2D eigenvalue weighted by Crippen LogP contribution is 2.17. The first-order chi connectivity index (χ1) is 6.42. The molecule has 0 radical (unpaired) electrons. The molecule has 0 unspecified atom stereocenters. The number of primary amides is 1. The minimum absolute atomic E-state index is 0.219. The zero-order valence-electron chi connectivity index (χ0n) is 6.81. The van der Waals surface area contributed by atoms with E-state index in [1.54, 1.807) is 0 Å². The number of carbonyl (C=O) groups is 1. The third-order valence-electron chi connectivity index (χ3n) is 1.28. The van der Waals surface area contributed by atoms with Crippen molar-refractivity contribution in [2.24, 2.45) is 5.73 Å². The molecule has 76 valence electrons. The minimum Gasteiger partial charge on any atom is -0.334 e. The fourth-order valence-corrected chi connectivity index (χ4v) is 1.86. The van der Waals surface area contributed by atoms with Crippen LogP contribution >= 0.6 is 11.6 Å². The summed E-state index contributed by atoms with van der Waals surface area (Å²) < 4.78 is 26.4. The molecule has 0 aromatic heterocycles. The Morgan fingerprint density at radius 1 is 1.43 bits per heavy atom. The fraction of sp³-hybridized carbons (Fsp3) is 0. The first kappa shape index (κ1) is 10.8. The summed E-state index contributed by atoms with van der Waals surface area (Å²) >= 11 is 5.55. The Hall–Kier alpha value is -1.27. The van der Waals surface area contributed by atoms with Gasteiger partial charge < -0.3 is 9.92 Å². The van der Waals surface area contributed by atoms with Crippen LogP contribution in [0.4, 0.5) is 4.79 Å². The average molecular weight is 236 g/mol. The van der Waals surface area contributed by atoms with Crippen LogP contribution < -0.4 is 5.73 Å². The summed E-state index contributed by atoms with van der Waals surface area (Å²) in [5.74, 6) is 0. The van der Waals surface area contributed by atoms with Gasteiger partial charge in [0.2, 0.25) is 0 Å². The largest absolute Gasteiger partial charge is 0.420 e. The standard InChI is InChI=1S/C7H6ClNO4S/c8-5-2-1-3-6(4-5)14(11,12)13-7(9)10/h1-4H,(H2,9,10). The lowest BCUT2D eigenvalue weighted by molar-refractivity contribution is 0.212. The quantitative estimate of drug-likeness (QED) is 0.779. The first-order valence-corrected chi connectivity index (χ1v) is 5.20. The zero-order chi connectivity index (χ0) is 10.8. The van der Waals surface area contributed by atoms with E-state index in [0.717, 1.165) is 6.07 Å². The van der Waals surface area contributed by atoms with E-state index >= 15 is 0 Å². The van der Waals surface area contributed by atoms with Crippen molar-refractivity contribution in [3.8, 4) is 0 Å². The fourth-order valence-electron chi connectivity index (χ4n) is 0.779. The molecule has 1 aromatic carbocycles. The first-order valence-electron chi connectivity index (χ1n) is 3.41. The van der Waals surface area contributed by atoms with E-state index in [1.807, 2.05) is 0 Å². The van der Waals surface area contributed by atoms with Gasteiger partial charge in [0.25, 0.3) is 0 Å². The summed E-state index contributed by atoms with van der Waals surface area (Å²) in [6.07, 6.45) is -1.38. The van der Waals surface area contributed by atoms with Crippen LogP contribution in [-0.4, -0.2) is 14.5 Å². The second-order valence-electron chi connectivity index (χ2n) is 2.31. The molecule has 1 amide bonds. The van der Waals surface area contributed by atoms with Gasteiger partial charge in [0.15, 0.2) is 0 Å². The molecule has 0 bridgehead atoms. The number of carbonyl (C=O) groups excluding carboxylic acids is 1. The monoisotopic (exact) mass is 235 g/mol. The molecular formula is C7H6ClNO4S. The van der Waals surface area contributed by atoms with Crippen LogP contribution in [0.15, 0.2) is 29.2 Å². The van der Waals surface area contributed by atoms with Crippen molar-refractivity contribution in [1.29, 1.82) is 0 Å². The second kappa shape index (κ2) is 3.85. The van der Waals surface area contributed by atoms with Crippen molar-refractivity contribution < 1.29 is 17.4 Å². The van der Waals surface area contributed by atoms with Crippen molar-refractivity contribution >= 4 is 27.8 Å². The molecule has 0 atom stereocenters. The Morgan fingerprint density at radius 3 is 2.57 bits per heavy atom. The third-order valence-corrected chi connectivity index (χ3v) is 2.73. The molecule has 0 heterocycles. The van der Waals surface area contributed by atoms with E-state index in [2.05, 4.69) is 9.92 Å². The molecule has 7 heteroatoms. The molecule has 0 spiro atoms. The summed E-state index contributed by atoms with van der Waals surface area (Å²) in [7, 11) is -4.14. The average Bonchev–Trinajstić information content (AvgIpc) is 2.01. The molecule has 2 N–H and O–H groups in total. The lowest BCUT2D eigenvalue weighted by Gasteiger charge is -2.02. The molecule has 0 saturated heterocycles. The van der Waals surface area contributed by atoms with Crippen LogP contribution in [0, 0.1) is 0 Å². The predicted molar refractivity (Wildman–Crippen MR) is 49.3 cm³/mol. The maximum absolute atomic E-state index is 11.2. The Bertz CT molecular complexity index is 457. The van der Waals surface area contributed by atoms with Gasteiger partial charge in [-0.3, -0.25) is 0 Å². The summed E-state index contributed by atoms with van der Waals surface area (Å²) in [5, 5.41) is 0.221. The molecule has 0 aliphatic heterocycles. The van der Waals surface area contributed by atoms with Gasteiger partial charge >= 0.3 is 16.2 Å². The Labute approximate surface area is 85.5 Å². The van der Waals surface area contributed by atoms with Crippen LogP contribution in [0.1, 0.15) is 0 Å². The number of halogens is 1. The number of amides is 1. The topological polar surface area (TPSA) is 86.5 Å². The van der Waals surface area contributed by atoms with Crippen molar-refractivity contribution in [1.82, 2.24) is 0 Å². The van der Waals surface area contributed by atoms with Crippen molar-refractivity contribution in [3.63, 3.8) is 0 Å². The summed E-state index contributed by atoms with van der Waals surface area (Å²) in [4.78, 5) is 10.0. The third kappa shape index (κ3) is 2.61. The van der Waals surface area contributed by atoms with Gasteiger partial charge in [-0.1, -0.05) is 17.7 Å². The Morgan fingerprint density at radius 2 is 2.07 bits per heavy atom. The molecule has 0 fully saturated rings. The van der Waals surface area contributed by atoms with Crippen LogP contribution in [0.3, 0.4) is 0 Å². The van der Waals surface area contributed by atoms with E-state index in [1.165, 1.54) is 18.2 Å². The predicted octanol–water partition coefficient (Wildman–Crippen LogP) is 1.12. The lowest BCUT2D eigenvalue weighted by Crippen LogP contribution is -2.18. The van der Waals surface area contributed by atoms with Crippen molar-refractivity contribution in [3.05, 3.63) is 29.3 Å². The Balaban J connectivity index is 3.11. The second-order valence-corrected chi connectivity index (χ2v) is 4.30. The number of hydrogen-bond acceptors (Lipinski definition) is 4. The van der Waals surface area contributed by atoms with Crippen LogP contribution in [-0.2, 0) is 14.3 Å². The molecule has 1 aromatic rings. The SMILES string of the molecule is NC(=O)OS(=O)(=O)c1cccc(Cl)c1. The van der Waals surface area contributed by atoms with E-state index in [4.69, 9.17) is 11.6 Å². The molecule has 14 heavy (non-hydrogen) atoms. The zero-order valence-corrected chi connectivity index (χ0v) is 8.38.